The molecule has 2 aromatic rings. The number of hydrogen-bond donors (Lipinski definition) is 1. The third kappa shape index (κ3) is 3.02. The summed E-state index contributed by atoms with van der Waals surface area (Å²) in [5.41, 5.74) is 9.75. The van der Waals surface area contributed by atoms with Crippen LogP contribution < -0.4 is 10.5 Å². The number of nitrogens with two attached hydrogens (primary N) is 1. The van der Waals surface area contributed by atoms with Crippen molar-refractivity contribution in [2.24, 2.45) is 5.73 Å². The minimum atomic E-state index is 0.236. The van der Waals surface area contributed by atoms with Gasteiger partial charge in [-0.3, -0.25) is 0 Å². The summed E-state index contributed by atoms with van der Waals surface area (Å²) in [6, 6.07) is 16.8. The molecule has 0 aliphatic rings. The molecule has 106 valence electrons. The summed E-state index contributed by atoms with van der Waals surface area (Å²) in [5, 5.41) is 0. The number of methoxy groups -OCH3 is 1. The molecule has 0 saturated carbocycles. The fourth-order valence-corrected chi connectivity index (χ4v) is 2.57. The second-order valence-corrected chi connectivity index (χ2v) is 5.36. The van der Waals surface area contributed by atoms with Crippen molar-refractivity contribution in [3.63, 3.8) is 0 Å². The first-order chi connectivity index (χ1) is 9.67. The van der Waals surface area contributed by atoms with E-state index >= 15 is 0 Å². The fourth-order valence-electron chi connectivity index (χ4n) is 2.57. The predicted molar refractivity (Wildman–Crippen MR) is 84.4 cm³/mol. The van der Waals surface area contributed by atoms with E-state index in [-0.39, 0.29) is 5.92 Å². The maximum atomic E-state index is 6.00. The molecule has 2 N–H and O–H groups in total. The molecule has 2 nitrogen and oxygen atoms in total. The van der Waals surface area contributed by atoms with Gasteiger partial charge in [-0.25, -0.2) is 0 Å². The lowest BCUT2D eigenvalue weighted by molar-refractivity contribution is 0.407. The van der Waals surface area contributed by atoms with Crippen molar-refractivity contribution in [3.05, 3.63) is 65.2 Å². The van der Waals surface area contributed by atoms with Crippen LogP contribution in [0.15, 0.2) is 48.5 Å². The van der Waals surface area contributed by atoms with Crippen LogP contribution in [-0.4, -0.2) is 13.7 Å². The quantitative estimate of drug-likeness (QED) is 0.893. The number of rotatable bonds is 5. The Bertz CT molecular complexity index is 549. The van der Waals surface area contributed by atoms with Gasteiger partial charge in [-0.1, -0.05) is 56.3 Å². The van der Waals surface area contributed by atoms with Gasteiger partial charge in [0.05, 0.1) is 7.11 Å². The van der Waals surface area contributed by atoms with Crippen LogP contribution in [0.4, 0.5) is 0 Å². The van der Waals surface area contributed by atoms with Gasteiger partial charge >= 0.3 is 0 Å². The molecule has 1 unspecified atom stereocenters. The van der Waals surface area contributed by atoms with Crippen LogP contribution >= 0.6 is 0 Å². The zero-order valence-electron chi connectivity index (χ0n) is 12.5. The van der Waals surface area contributed by atoms with E-state index in [2.05, 4.69) is 56.3 Å². The maximum absolute atomic E-state index is 6.00. The lowest BCUT2D eigenvalue weighted by Crippen LogP contribution is -2.14. The van der Waals surface area contributed by atoms with E-state index in [4.69, 9.17) is 10.5 Å². The summed E-state index contributed by atoms with van der Waals surface area (Å²) < 4.78 is 5.45. The summed E-state index contributed by atoms with van der Waals surface area (Å²) in [4.78, 5) is 0. The van der Waals surface area contributed by atoms with Crippen molar-refractivity contribution >= 4 is 0 Å². The summed E-state index contributed by atoms with van der Waals surface area (Å²) in [7, 11) is 1.72. The van der Waals surface area contributed by atoms with Gasteiger partial charge < -0.3 is 10.5 Å². The summed E-state index contributed by atoms with van der Waals surface area (Å²) in [6.07, 6.45) is 0. The van der Waals surface area contributed by atoms with Crippen LogP contribution in [-0.2, 0) is 0 Å². The highest BCUT2D eigenvalue weighted by molar-refractivity contribution is 5.43. The lowest BCUT2D eigenvalue weighted by Gasteiger charge is -2.19. The van der Waals surface area contributed by atoms with Gasteiger partial charge in [0.1, 0.15) is 5.75 Å². The monoisotopic (exact) mass is 269 g/mol. The van der Waals surface area contributed by atoms with Gasteiger partial charge in [-0.15, -0.1) is 0 Å². The van der Waals surface area contributed by atoms with Crippen LogP contribution in [0.3, 0.4) is 0 Å². The van der Waals surface area contributed by atoms with Gasteiger partial charge in [0.15, 0.2) is 0 Å². The highest BCUT2D eigenvalue weighted by atomic mass is 16.5. The summed E-state index contributed by atoms with van der Waals surface area (Å²) in [6.45, 7) is 4.97. The molecule has 0 aliphatic heterocycles. The van der Waals surface area contributed by atoms with E-state index in [0.29, 0.717) is 12.5 Å². The Hall–Kier alpha value is -1.80. The van der Waals surface area contributed by atoms with Gasteiger partial charge in [-0.05, 0) is 28.7 Å². The van der Waals surface area contributed by atoms with E-state index in [9.17, 15) is 0 Å². The molecule has 2 aromatic carbocycles. The highest BCUT2D eigenvalue weighted by Crippen LogP contribution is 2.32. The Kier molecular flexibility index (Phi) is 4.80. The second kappa shape index (κ2) is 6.58. The van der Waals surface area contributed by atoms with E-state index in [1.54, 1.807) is 7.11 Å². The molecule has 0 aromatic heterocycles. The smallest absolute Gasteiger partial charge is 0.122 e. The second-order valence-electron chi connectivity index (χ2n) is 5.36. The van der Waals surface area contributed by atoms with E-state index < -0.39 is 0 Å². The molecular weight excluding hydrogens is 246 g/mol. The zero-order chi connectivity index (χ0) is 14.5. The summed E-state index contributed by atoms with van der Waals surface area (Å²) in [5.74, 6) is 1.62. The normalized spacial score (nSPS) is 12.4. The van der Waals surface area contributed by atoms with Crippen molar-refractivity contribution in [2.75, 3.05) is 13.7 Å². The molecule has 0 spiro atoms. The molecule has 2 rings (SSSR count). The van der Waals surface area contributed by atoms with Gasteiger partial charge in [0, 0.05) is 12.5 Å². The average molecular weight is 269 g/mol. The van der Waals surface area contributed by atoms with Gasteiger partial charge in [0.25, 0.3) is 0 Å². The molecule has 0 fully saturated rings. The molecule has 1 atom stereocenters. The number of hydrogen-bond acceptors (Lipinski definition) is 2. The largest absolute Gasteiger partial charge is 0.496 e. The SMILES string of the molecule is COc1ccc(C(CN)c2ccccc2)cc1C(C)C. The minimum Gasteiger partial charge on any atom is -0.496 e. The van der Waals surface area contributed by atoms with E-state index in [1.165, 1.54) is 16.7 Å². The van der Waals surface area contributed by atoms with Crippen LogP contribution in [0, 0.1) is 0 Å². The molecule has 2 heteroatoms. The molecule has 20 heavy (non-hydrogen) atoms. The minimum absolute atomic E-state index is 0.236. The van der Waals surface area contributed by atoms with E-state index in [0.717, 1.165) is 5.75 Å². The molecule has 0 heterocycles. The topological polar surface area (TPSA) is 35.2 Å². The van der Waals surface area contributed by atoms with Crippen molar-refractivity contribution in [2.45, 2.75) is 25.7 Å². The van der Waals surface area contributed by atoms with Crippen LogP contribution in [0.5, 0.6) is 5.75 Å². The molecule has 0 bridgehead atoms. The van der Waals surface area contributed by atoms with Crippen LogP contribution in [0.2, 0.25) is 0 Å². The Morgan fingerprint density at radius 3 is 2.25 bits per heavy atom. The van der Waals surface area contributed by atoms with E-state index in [1.807, 2.05) is 6.07 Å². The third-order valence-electron chi connectivity index (χ3n) is 3.72. The van der Waals surface area contributed by atoms with Gasteiger partial charge in [-0.2, -0.15) is 0 Å². The first-order valence-electron chi connectivity index (χ1n) is 7.10. The average Bonchev–Trinajstić information content (AvgIpc) is 2.49. The maximum Gasteiger partial charge on any atom is 0.122 e. The summed E-state index contributed by atoms with van der Waals surface area (Å²) >= 11 is 0. The van der Waals surface area contributed by atoms with Crippen molar-refractivity contribution in [1.29, 1.82) is 0 Å². The fraction of sp³-hybridized carbons (Fsp3) is 0.333. The molecular formula is C18H23NO. The number of benzene rings is 2. The lowest BCUT2D eigenvalue weighted by atomic mass is 9.88. The van der Waals surface area contributed by atoms with Crippen LogP contribution in [0.25, 0.3) is 0 Å². The first kappa shape index (κ1) is 14.6. The highest BCUT2D eigenvalue weighted by Gasteiger charge is 2.15. The Balaban J connectivity index is 2.43. The number of ether oxygens (including phenoxy) is 1. The molecule has 0 saturated heterocycles. The first-order valence-corrected chi connectivity index (χ1v) is 7.10. The van der Waals surface area contributed by atoms with Gasteiger partial charge in [0.2, 0.25) is 0 Å². The molecule has 0 aliphatic carbocycles. The zero-order valence-corrected chi connectivity index (χ0v) is 12.5. The van der Waals surface area contributed by atoms with Crippen molar-refractivity contribution in [1.82, 2.24) is 0 Å². The Labute approximate surface area is 121 Å². The predicted octanol–water partition coefficient (Wildman–Crippen LogP) is 3.91. The molecule has 0 radical (unpaired) electrons. The van der Waals surface area contributed by atoms with Crippen molar-refractivity contribution in [3.8, 4) is 5.75 Å². The Morgan fingerprint density at radius 2 is 1.70 bits per heavy atom. The Morgan fingerprint density at radius 1 is 1.00 bits per heavy atom. The van der Waals surface area contributed by atoms with Crippen molar-refractivity contribution < 1.29 is 4.74 Å². The standard InChI is InChI=1S/C18H23NO/c1-13(2)16-11-15(9-10-18(16)20-3)17(12-19)14-7-5-4-6-8-14/h4-11,13,17H,12,19H2,1-3H3. The molecule has 0 amide bonds. The van der Waals surface area contributed by atoms with Crippen LogP contribution in [0.1, 0.15) is 42.4 Å². The third-order valence-corrected chi connectivity index (χ3v) is 3.72.